The lowest BCUT2D eigenvalue weighted by Gasteiger charge is -2.29. The van der Waals surface area contributed by atoms with Crippen LogP contribution in [0.3, 0.4) is 0 Å². The Morgan fingerprint density at radius 2 is 1.72 bits per heavy atom. The van der Waals surface area contributed by atoms with Crippen LogP contribution >= 0.6 is 0 Å². The van der Waals surface area contributed by atoms with Gasteiger partial charge in [-0.05, 0) is 64.2 Å². The molecule has 0 spiro atoms. The molecule has 0 amide bonds. The molecule has 2 fully saturated rings. The van der Waals surface area contributed by atoms with Crippen LogP contribution in [-0.4, -0.2) is 33.0 Å². The van der Waals surface area contributed by atoms with Gasteiger partial charge in [-0.25, -0.2) is 8.51 Å². The normalized spacial score (nSPS) is 17.9. The molecule has 156 valence electrons. The largest absolute Gasteiger partial charge is 0.497 e. The third-order valence-electron chi connectivity index (χ3n) is 4.68. The SMILES string of the molecule is COc1ccc(COCC(C#CC2CC2)N(C#CC2CC2)[S@](=O)C(C)(C)C)cc1. The Morgan fingerprint density at radius 1 is 1.10 bits per heavy atom. The topological polar surface area (TPSA) is 38.8 Å². The Labute approximate surface area is 177 Å². The molecule has 2 aliphatic rings. The van der Waals surface area contributed by atoms with E-state index in [4.69, 9.17) is 9.47 Å². The van der Waals surface area contributed by atoms with E-state index in [2.05, 4.69) is 23.8 Å². The average Bonchev–Trinajstić information content (AvgIpc) is 3.60. The monoisotopic (exact) mass is 413 g/mol. The fourth-order valence-corrected chi connectivity index (χ4v) is 3.60. The van der Waals surface area contributed by atoms with Crippen LogP contribution in [0, 0.1) is 35.6 Å². The van der Waals surface area contributed by atoms with E-state index < -0.39 is 15.7 Å². The van der Waals surface area contributed by atoms with Gasteiger partial charge in [-0.2, -0.15) is 0 Å². The zero-order valence-electron chi connectivity index (χ0n) is 17.9. The van der Waals surface area contributed by atoms with Gasteiger partial charge in [-0.3, -0.25) is 0 Å². The number of benzene rings is 1. The lowest BCUT2D eigenvalue weighted by molar-refractivity contribution is 0.102. The summed E-state index contributed by atoms with van der Waals surface area (Å²) < 4.78 is 25.7. The third-order valence-corrected chi connectivity index (χ3v) is 6.43. The lowest BCUT2D eigenvalue weighted by Crippen LogP contribution is -2.42. The van der Waals surface area contributed by atoms with Crippen molar-refractivity contribution in [3.8, 4) is 29.6 Å². The number of hydrogen-bond donors (Lipinski definition) is 0. The first-order valence-electron chi connectivity index (χ1n) is 10.3. The first-order valence-corrected chi connectivity index (χ1v) is 11.4. The quantitative estimate of drug-likeness (QED) is 0.498. The summed E-state index contributed by atoms with van der Waals surface area (Å²) in [7, 11) is 0.374. The summed E-state index contributed by atoms with van der Waals surface area (Å²) in [5.41, 5.74) is 1.06. The number of hydrogen-bond acceptors (Lipinski definition) is 3. The minimum Gasteiger partial charge on any atom is -0.497 e. The van der Waals surface area contributed by atoms with E-state index in [1.165, 1.54) is 0 Å². The molecule has 2 atom stereocenters. The summed E-state index contributed by atoms with van der Waals surface area (Å²) in [6.45, 7) is 6.75. The van der Waals surface area contributed by atoms with Gasteiger partial charge in [-0.1, -0.05) is 29.9 Å². The van der Waals surface area contributed by atoms with Crippen LogP contribution in [0.1, 0.15) is 52.0 Å². The fourth-order valence-electron chi connectivity index (χ4n) is 2.53. The second-order valence-corrected chi connectivity index (χ2v) is 10.8. The minimum absolute atomic E-state index is 0.305. The number of ether oxygens (including phenoxy) is 2. The van der Waals surface area contributed by atoms with Crippen molar-refractivity contribution in [1.29, 1.82) is 0 Å². The van der Waals surface area contributed by atoms with Gasteiger partial charge < -0.3 is 9.47 Å². The molecule has 29 heavy (non-hydrogen) atoms. The summed E-state index contributed by atoms with van der Waals surface area (Å²) in [4.78, 5) is 0. The van der Waals surface area contributed by atoms with Crippen LogP contribution in [0.25, 0.3) is 0 Å². The predicted octanol–water partition coefficient (Wildman–Crippen LogP) is 4.13. The van der Waals surface area contributed by atoms with Gasteiger partial charge in [0.15, 0.2) is 0 Å². The third kappa shape index (κ3) is 7.11. The molecule has 1 aromatic carbocycles. The fraction of sp³-hybridized carbons (Fsp3) is 0.583. The average molecular weight is 414 g/mol. The molecule has 2 aliphatic carbocycles. The molecule has 1 aromatic rings. The van der Waals surface area contributed by atoms with E-state index in [-0.39, 0.29) is 6.04 Å². The molecule has 5 heteroatoms. The molecule has 0 radical (unpaired) electrons. The lowest BCUT2D eigenvalue weighted by atomic mass is 10.2. The van der Waals surface area contributed by atoms with Crippen molar-refractivity contribution in [2.75, 3.05) is 13.7 Å². The van der Waals surface area contributed by atoms with Crippen LogP contribution in [0.4, 0.5) is 0 Å². The summed E-state index contributed by atoms with van der Waals surface area (Å²) >= 11 is 0. The molecule has 0 N–H and O–H groups in total. The van der Waals surface area contributed by atoms with Gasteiger partial charge in [0.25, 0.3) is 0 Å². The summed E-state index contributed by atoms with van der Waals surface area (Å²) in [6, 6.07) is 10.7. The minimum atomic E-state index is -1.28. The van der Waals surface area contributed by atoms with Crippen molar-refractivity contribution < 1.29 is 13.7 Å². The van der Waals surface area contributed by atoms with Crippen LogP contribution in [0.5, 0.6) is 5.75 Å². The number of methoxy groups -OCH3 is 1. The highest BCUT2D eigenvalue weighted by molar-refractivity contribution is 7.84. The Balaban J connectivity index is 1.71. The first kappa shape index (κ1) is 21.8. The molecule has 0 heterocycles. The van der Waals surface area contributed by atoms with E-state index in [0.717, 1.165) is 37.0 Å². The van der Waals surface area contributed by atoms with E-state index in [0.29, 0.717) is 25.0 Å². The smallest absolute Gasteiger partial charge is 0.135 e. The standard InChI is InChI=1S/C24H31NO3S/c1-24(2,3)29(26)25(16-15-20-7-8-20)22(12-9-19-5-6-19)18-28-17-21-10-13-23(27-4)14-11-21/h10-11,13-14,19-20,22H,5-8,17-18H2,1-4H3/t22?,29-/m1/s1. The molecule has 3 rings (SSSR count). The second kappa shape index (κ2) is 9.70. The first-order chi connectivity index (χ1) is 13.9. The van der Waals surface area contributed by atoms with Gasteiger partial charge in [0, 0.05) is 17.9 Å². The molecule has 2 saturated carbocycles. The van der Waals surface area contributed by atoms with Crippen molar-refractivity contribution in [3.63, 3.8) is 0 Å². The Morgan fingerprint density at radius 3 is 2.28 bits per heavy atom. The van der Waals surface area contributed by atoms with Gasteiger partial charge in [0.2, 0.25) is 0 Å². The molecule has 0 aromatic heterocycles. The van der Waals surface area contributed by atoms with E-state index in [1.807, 2.05) is 45.0 Å². The van der Waals surface area contributed by atoms with Crippen LogP contribution < -0.4 is 4.74 Å². The maximum absolute atomic E-state index is 13.2. The van der Waals surface area contributed by atoms with Gasteiger partial charge in [0.05, 0.1) is 25.1 Å². The van der Waals surface area contributed by atoms with Gasteiger partial charge in [0.1, 0.15) is 22.8 Å². The van der Waals surface area contributed by atoms with Crippen molar-refractivity contribution >= 4 is 11.0 Å². The molecule has 1 unspecified atom stereocenters. The molecular formula is C24H31NO3S. The highest BCUT2D eigenvalue weighted by Crippen LogP contribution is 2.29. The van der Waals surface area contributed by atoms with Crippen LogP contribution in [0.15, 0.2) is 24.3 Å². The Kier molecular flexibility index (Phi) is 7.28. The van der Waals surface area contributed by atoms with Gasteiger partial charge >= 0.3 is 0 Å². The van der Waals surface area contributed by atoms with Crippen molar-refractivity contribution in [1.82, 2.24) is 4.31 Å². The summed E-state index contributed by atoms with van der Waals surface area (Å²) in [5.74, 6) is 11.6. The zero-order valence-corrected chi connectivity index (χ0v) is 18.7. The van der Waals surface area contributed by atoms with Crippen molar-refractivity contribution in [2.45, 2.75) is 63.9 Å². The maximum Gasteiger partial charge on any atom is 0.135 e. The Bertz CT molecular complexity index is 827. The number of rotatable bonds is 7. The second-order valence-electron chi connectivity index (χ2n) is 8.66. The van der Waals surface area contributed by atoms with Crippen molar-refractivity contribution in [3.05, 3.63) is 29.8 Å². The Hall–Kier alpha value is -1.95. The van der Waals surface area contributed by atoms with E-state index in [1.54, 1.807) is 11.4 Å². The summed E-state index contributed by atoms with van der Waals surface area (Å²) in [5, 5.41) is 0. The molecular weight excluding hydrogens is 382 g/mol. The highest BCUT2D eigenvalue weighted by atomic mass is 32.2. The van der Waals surface area contributed by atoms with Crippen LogP contribution in [0.2, 0.25) is 0 Å². The van der Waals surface area contributed by atoms with Gasteiger partial charge in [-0.15, -0.1) is 0 Å². The molecule has 0 aliphatic heterocycles. The molecule has 0 saturated heterocycles. The van der Waals surface area contributed by atoms with Crippen LogP contribution in [-0.2, 0) is 22.3 Å². The maximum atomic E-state index is 13.2. The molecule has 0 bridgehead atoms. The molecule has 4 nitrogen and oxygen atoms in total. The van der Waals surface area contributed by atoms with E-state index >= 15 is 0 Å². The zero-order chi connectivity index (χ0) is 20.9. The van der Waals surface area contributed by atoms with E-state index in [9.17, 15) is 4.21 Å². The highest BCUT2D eigenvalue weighted by Gasteiger charge is 2.31. The summed E-state index contributed by atoms with van der Waals surface area (Å²) in [6.07, 6.45) is 4.58. The number of nitrogens with zero attached hydrogens (tertiary/aromatic N) is 1. The predicted molar refractivity (Wildman–Crippen MR) is 117 cm³/mol. The van der Waals surface area contributed by atoms with Crippen molar-refractivity contribution in [2.24, 2.45) is 11.8 Å².